The fourth-order valence-electron chi connectivity index (χ4n) is 1.61. The van der Waals surface area contributed by atoms with Gasteiger partial charge in [0.1, 0.15) is 5.75 Å². The van der Waals surface area contributed by atoms with Crippen LogP contribution in [0.3, 0.4) is 0 Å². The highest BCUT2D eigenvalue weighted by Gasteiger charge is 2.11. The summed E-state index contributed by atoms with van der Waals surface area (Å²) in [7, 11) is 1.60. The lowest BCUT2D eigenvalue weighted by molar-refractivity contribution is 0.413. The van der Waals surface area contributed by atoms with Crippen molar-refractivity contribution in [3.8, 4) is 17.0 Å². The number of benzene rings is 1. The van der Waals surface area contributed by atoms with E-state index in [9.17, 15) is 4.79 Å². The molecular formula is C11H10ClNO2S. The van der Waals surface area contributed by atoms with E-state index in [1.165, 1.54) is 0 Å². The van der Waals surface area contributed by atoms with Gasteiger partial charge in [-0.3, -0.25) is 4.79 Å². The summed E-state index contributed by atoms with van der Waals surface area (Å²) >= 11 is 7.11. The number of methoxy groups -OCH3 is 1. The van der Waals surface area contributed by atoms with Gasteiger partial charge in [0, 0.05) is 16.0 Å². The van der Waals surface area contributed by atoms with Gasteiger partial charge in [-0.15, -0.1) is 0 Å². The van der Waals surface area contributed by atoms with E-state index in [0.29, 0.717) is 5.02 Å². The average Bonchev–Trinajstić information content (AvgIpc) is 2.63. The zero-order valence-corrected chi connectivity index (χ0v) is 10.4. The Morgan fingerprint density at radius 2 is 2.19 bits per heavy atom. The van der Waals surface area contributed by atoms with Gasteiger partial charge in [-0.1, -0.05) is 22.9 Å². The van der Waals surface area contributed by atoms with Gasteiger partial charge in [-0.25, -0.2) is 0 Å². The Balaban J connectivity index is 2.67. The number of aromatic amines is 1. The van der Waals surface area contributed by atoms with Crippen molar-refractivity contribution in [2.75, 3.05) is 7.11 Å². The maximum absolute atomic E-state index is 11.1. The molecule has 2 aromatic rings. The summed E-state index contributed by atoms with van der Waals surface area (Å²) in [6.07, 6.45) is 0. The molecule has 2 rings (SSSR count). The molecule has 0 aliphatic carbocycles. The van der Waals surface area contributed by atoms with Crippen LogP contribution in [0, 0.1) is 6.92 Å². The van der Waals surface area contributed by atoms with E-state index in [4.69, 9.17) is 16.3 Å². The second kappa shape index (κ2) is 4.31. The van der Waals surface area contributed by atoms with Crippen molar-refractivity contribution in [1.29, 1.82) is 0 Å². The van der Waals surface area contributed by atoms with Gasteiger partial charge < -0.3 is 9.72 Å². The van der Waals surface area contributed by atoms with Crippen LogP contribution in [0.5, 0.6) is 5.75 Å². The summed E-state index contributed by atoms with van der Waals surface area (Å²) in [5.41, 5.74) is 2.49. The third-order valence-corrected chi connectivity index (χ3v) is 3.14. The monoisotopic (exact) mass is 255 g/mol. The van der Waals surface area contributed by atoms with Crippen molar-refractivity contribution in [3.05, 3.63) is 37.8 Å². The van der Waals surface area contributed by atoms with Gasteiger partial charge in [-0.05, 0) is 24.6 Å². The molecule has 0 saturated heterocycles. The Morgan fingerprint density at radius 3 is 2.75 bits per heavy atom. The molecule has 0 amide bonds. The van der Waals surface area contributed by atoms with Gasteiger partial charge in [0.15, 0.2) is 0 Å². The average molecular weight is 256 g/mol. The standard InChI is InChI=1S/C11H10ClNO2S/c1-6-3-7(12)4-8(10(6)15-2)9-5-16-11(14)13-9/h3-5H,1-2H3,(H,13,14). The van der Waals surface area contributed by atoms with Crippen LogP contribution >= 0.6 is 22.9 Å². The van der Waals surface area contributed by atoms with E-state index >= 15 is 0 Å². The van der Waals surface area contributed by atoms with Crippen LogP contribution in [0.25, 0.3) is 11.3 Å². The van der Waals surface area contributed by atoms with Crippen molar-refractivity contribution in [1.82, 2.24) is 4.98 Å². The second-order valence-electron chi connectivity index (χ2n) is 3.37. The topological polar surface area (TPSA) is 42.1 Å². The van der Waals surface area contributed by atoms with Crippen molar-refractivity contribution >= 4 is 22.9 Å². The highest BCUT2D eigenvalue weighted by atomic mass is 35.5. The maximum atomic E-state index is 11.1. The zero-order valence-electron chi connectivity index (χ0n) is 8.83. The molecule has 1 aromatic heterocycles. The minimum absolute atomic E-state index is 0.0883. The molecule has 1 heterocycles. The number of hydrogen-bond donors (Lipinski definition) is 1. The fraction of sp³-hybridized carbons (Fsp3) is 0.182. The van der Waals surface area contributed by atoms with Gasteiger partial charge in [-0.2, -0.15) is 0 Å². The van der Waals surface area contributed by atoms with Gasteiger partial charge in [0.25, 0.3) is 0 Å². The number of aromatic nitrogens is 1. The third-order valence-electron chi connectivity index (χ3n) is 2.25. The maximum Gasteiger partial charge on any atom is 0.304 e. The molecule has 16 heavy (non-hydrogen) atoms. The lowest BCUT2D eigenvalue weighted by atomic mass is 10.1. The van der Waals surface area contributed by atoms with E-state index in [-0.39, 0.29) is 4.87 Å². The Bertz CT molecular complexity index is 574. The largest absolute Gasteiger partial charge is 0.496 e. The molecule has 0 bridgehead atoms. The molecule has 0 radical (unpaired) electrons. The molecule has 0 fully saturated rings. The number of halogens is 1. The van der Waals surface area contributed by atoms with E-state index in [1.807, 2.05) is 13.0 Å². The Kier molecular flexibility index (Phi) is 3.03. The third kappa shape index (κ3) is 1.99. The zero-order chi connectivity index (χ0) is 11.7. The predicted molar refractivity (Wildman–Crippen MR) is 66.7 cm³/mol. The number of nitrogens with one attached hydrogen (secondary N) is 1. The number of hydrogen-bond acceptors (Lipinski definition) is 3. The normalized spacial score (nSPS) is 10.4. The van der Waals surface area contributed by atoms with Crippen LogP contribution in [0.15, 0.2) is 22.3 Å². The fourth-order valence-corrected chi connectivity index (χ4v) is 2.47. The summed E-state index contributed by atoms with van der Waals surface area (Å²) in [5.74, 6) is 0.735. The van der Waals surface area contributed by atoms with Crippen LogP contribution in [0.1, 0.15) is 5.56 Å². The minimum atomic E-state index is -0.0883. The second-order valence-corrected chi connectivity index (χ2v) is 4.64. The van der Waals surface area contributed by atoms with Crippen LogP contribution < -0.4 is 9.61 Å². The molecule has 5 heteroatoms. The lowest BCUT2D eigenvalue weighted by Gasteiger charge is -2.10. The highest BCUT2D eigenvalue weighted by molar-refractivity contribution is 7.07. The van der Waals surface area contributed by atoms with Crippen molar-refractivity contribution in [2.24, 2.45) is 0 Å². The first-order valence-electron chi connectivity index (χ1n) is 4.64. The van der Waals surface area contributed by atoms with Crippen molar-refractivity contribution in [2.45, 2.75) is 6.92 Å². The molecule has 0 aliphatic heterocycles. The van der Waals surface area contributed by atoms with Gasteiger partial charge in [0.2, 0.25) is 0 Å². The molecule has 84 valence electrons. The number of H-pyrrole nitrogens is 1. The number of ether oxygens (including phenoxy) is 1. The SMILES string of the molecule is COc1c(C)cc(Cl)cc1-c1csc(=O)[nH]1. The van der Waals surface area contributed by atoms with E-state index in [1.54, 1.807) is 18.6 Å². The molecule has 0 atom stereocenters. The number of rotatable bonds is 2. The molecule has 1 N–H and O–H groups in total. The lowest BCUT2D eigenvalue weighted by Crippen LogP contribution is -1.95. The van der Waals surface area contributed by atoms with Gasteiger partial charge >= 0.3 is 4.87 Å². The molecule has 0 unspecified atom stereocenters. The number of thiazole rings is 1. The summed E-state index contributed by atoms with van der Waals surface area (Å²) in [6.45, 7) is 1.92. The van der Waals surface area contributed by atoms with Gasteiger partial charge in [0.05, 0.1) is 12.8 Å². The summed E-state index contributed by atoms with van der Waals surface area (Å²) < 4.78 is 5.32. The Morgan fingerprint density at radius 1 is 1.44 bits per heavy atom. The summed E-state index contributed by atoms with van der Waals surface area (Å²) in [5, 5.41) is 2.39. The molecule has 0 saturated carbocycles. The minimum Gasteiger partial charge on any atom is -0.496 e. The Hall–Kier alpha value is -1.26. The van der Waals surface area contributed by atoms with Crippen molar-refractivity contribution < 1.29 is 4.74 Å². The Labute approximate surface area is 102 Å². The van der Waals surface area contributed by atoms with Crippen LogP contribution in [0.2, 0.25) is 5.02 Å². The smallest absolute Gasteiger partial charge is 0.304 e. The first kappa shape index (κ1) is 11.2. The summed E-state index contributed by atoms with van der Waals surface area (Å²) in [6, 6.07) is 3.61. The molecular weight excluding hydrogens is 246 g/mol. The quantitative estimate of drug-likeness (QED) is 0.896. The summed E-state index contributed by atoms with van der Waals surface area (Å²) in [4.78, 5) is 13.8. The van der Waals surface area contributed by atoms with Crippen LogP contribution in [-0.2, 0) is 0 Å². The van der Waals surface area contributed by atoms with E-state index < -0.39 is 0 Å². The molecule has 3 nitrogen and oxygen atoms in total. The van der Waals surface area contributed by atoms with E-state index in [2.05, 4.69) is 4.98 Å². The molecule has 0 aliphatic rings. The highest BCUT2D eigenvalue weighted by Crippen LogP contribution is 2.34. The van der Waals surface area contributed by atoms with Crippen molar-refractivity contribution in [3.63, 3.8) is 0 Å². The van der Waals surface area contributed by atoms with Crippen LogP contribution in [-0.4, -0.2) is 12.1 Å². The molecule has 1 aromatic carbocycles. The van der Waals surface area contributed by atoms with E-state index in [0.717, 1.165) is 33.9 Å². The molecule has 0 spiro atoms. The number of aryl methyl sites for hydroxylation is 1. The first-order chi connectivity index (χ1) is 7.61. The van der Waals surface area contributed by atoms with Crippen LogP contribution in [0.4, 0.5) is 0 Å². The predicted octanol–water partition coefficient (Wildman–Crippen LogP) is 3.07. The first-order valence-corrected chi connectivity index (χ1v) is 5.90.